The van der Waals surface area contributed by atoms with Crippen LogP contribution in [-0.4, -0.2) is 10.5 Å². The molecule has 21 heavy (non-hydrogen) atoms. The van der Waals surface area contributed by atoms with Gasteiger partial charge in [0.05, 0.1) is 19.2 Å². The monoisotopic (exact) mass is 280 g/mol. The summed E-state index contributed by atoms with van der Waals surface area (Å²) < 4.78 is 7.20. The zero-order chi connectivity index (χ0) is 14.5. The second-order valence-electron chi connectivity index (χ2n) is 4.79. The molecule has 2 aromatic heterocycles. The van der Waals surface area contributed by atoms with Crippen molar-refractivity contribution in [3.05, 3.63) is 78.5 Å². The first kappa shape index (κ1) is 13.2. The van der Waals surface area contributed by atoms with Gasteiger partial charge in [0.15, 0.2) is 0 Å². The summed E-state index contributed by atoms with van der Waals surface area (Å²) in [4.78, 5) is 11.9. The third-order valence-electron chi connectivity index (χ3n) is 3.24. The van der Waals surface area contributed by atoms with Gasteiger partial charge in [-0.3, -0.25) is 4.79 Å². The number of amides is 1. The number of carbonyl (C=O) groups excluding carboxylic acids is 1. The van der Waals surface area contributed by atoms with E-state index in [0.717, 1.165) is 17.0 Å². The molecule has 1 amide bonds. The Morgan fingerprint density at radius 1 is 1.05 bits per heavy atom. The lowest BCUT2D eigenvalue weighted by Gasteiger charge is -2.06. The summed E-state index contributed by atoms with van der Waals surface area (Å²) in [5, 5.41) is 2.84. The Morgan fingerprint density at radius 3 is 2.48 bits per heavy atom. The Bertz CT molecular complexity index is 683. The maximum absolute atomic E-state index is 11.9. The molecule has 0 atom stereocenters. The molecular weight excluding hydrogens is 264 g/mol. The topological polar surface area (TPSA) is 47.2 Å². The molecule has 0 aliphatic carbocycles. The van der Waals surface area contributed by atoms with Crippen LogP contribution in [0.2, 0.25) is 0 Å². The molecule has 0 saturated heterocycles. The summed E-state index contributed by atoms with van der Waals surface area (Å²) in [5.74, 6) is 0.742. The highest BCUT2D eigenvalue weighted by Gasteiger charge is 2.04. The molecule has 0 aliphatic heterocycles. The van der Waals surface area contributed by atoms with E-state index >= 15 is 0 Å². The third kappa shape index (κ3) is 3.42. The molecule has 0 radical (unpaired) electrons. The second kappa shape index (κ2) is 6.13. The van der Waals surface area contributed by atoms with Gasteiger partial charge in [0.1, 0.15) is 5.76 Å². The van der Waals surface area contributed by atoms with E-state index in [-0.39, 0.29) is 5.91 Å². The molecular formula is C17H16N2O2. The van der Waals surface area contributed by atoms with Gasteiger partial charge in [0.2, 0.25) is 5.91 Å². The van der Waals surface area contributed by atoms with Crippen molar-refractivity contribution >= 4 is 5.91 Å². The van der Waals surface area contributed by atoms with Gasteiger partial charge in [-0.2, -0.15) is 0 Å². The first-order valence-electron chi connectivity index (χ1n) is 6.82. The molecule has 0 saturated carbocycles. The van der Waals surface area contributed by atoms with Crippen LogP contribution in [0, 0.1) is 0 Å². The highest BCUT2D eigenvalue weighted by atomic mass is 16.3. The van der Waals surface area contributed by atoms with Gasteiger partial charge in [0.25, 0.3) is 0 Å². The predicted octanol–water partition coefficient (Wildman–Crippen LogP) is 2.93. The van der Waals surface area contributed by atoms with E-state index in [2.05, 4.69) is 5.32 Å². The quantitative estimate of drug-likeness (QED) is 0.781. The Kier molecular flexibility index (Phi) is 3.87. The van der Waals surface area contributed by atoms with Crippen molar-refractivity contribution < 1.29 is 9.21 Å². The molecule has 3 aromatic rings. The number of nitrogens with zero attached hydrogens (tertiary/aromatic N) is 1. The maximum Gasteiger partial charge on any atom is 0.224 e. The number of aromatic nitrogens is 1. The number of hydrogen-bond acceptors (Lipinski definition) is 2. The van der Waals surface area contributed by atoms with Crippen molar-refractivity contribution in [1.29, 1.82) is 0 Å². The Morgan fingerprint density at radius 2 is 1.81 bits per heavy atom. The summed E-state index contributed by atoms with van der Waals surface area (Å²) in [6.07, 6.45) is 5.95. The molecule has 0 aliphatic rings. The minimum absolute atomic E-state index is 0.0138. The normalized spacial score (nSPS) is 10.5. The van der Waals surface area contributed by atoms with E-state index < -0.39 is 0 Å². The molecule has 1 N–H and O–H groups in total. The minimum Gasteiger partial charge on any atom is -0.467 e. The fraction of sp³-hybridized carbons (Fsp3) is 0.118. The van der Waals surface area contributed by atoms with Crippen molar-refractivity contribution in [2.75, 3.05) is 0 Å². The van der Waals surface area contributed by atoms with Gasteiger partial charge in [0, 0.05) is 18.1 Å². The predicted molar refractivity (Wildman–Crippen MR) is 80.0 cm³/mol. The number of carbonyl (C=O) groups is 1. The van der Waals surface area contributed by atoms with Crippen LogP contribution in [0.3, 0.4) is 0 Å². The fourth-order valence-corrected chi connectivity index (χ4v) is 2.14. The third-order valence-corrected chi connectivity index (χ3v) is 3.24. The van der Waals surface area contributed by atoms with Crippen LogP contribution in [0.1, 0.15) is 11.3 Å². The number of nitrogens with one attached hydrogen (secondary N) is 1. The summed E-state index contributed by atoms with van der Waals surface area (Å²) in [6.45, 7) is 0.424. The SMILES string of the molecule is O=C(Cc1ccc(-n2cccc2)cc1)NCc1ccco1. The van der Waals surface area contributed by atoms with Crippen LogP contribution in [0.4, 0.5) is 0 Å². The number of furan rings is 1. The number of hydrogen-bond donors (Lipinski definition) is 1. The van der Waals surface area contributed by atoms with Crippen LogP contribution in [0.15, 0.2) is 71.6 Å². The van der Waals surface area contributed by atoms with Crippen LogP contribution in [-0.2, 0) is 17.8 Å². The molecule has 106 valence electrons. The fourth-order valence-electron chi connectivity index (χ4n) is 2.14. The molecule has 1 aromatic carbocycles. The Labute approximate surface area is 123 Å². The lowest BCUT2D eigenvalue weighted by atomic mass is 10.1. The molecule has 4 heteroatoms. The van der Waals surface area contributed by atoms with Crippen molar-refractivity contribution in [1.82, 2.24) is 9.88 Å². The van der Waals surface area contributed by atoms with E-state index in [9.17, 15) is 4.79 Å². The summed E-state index contributed by atoms with van der Waals surface area (Å²) in [5.41, 5.74) is 2.07. The molecule has 4 nitrogen and oxygen atoms in total. The summed E-state index contributed by atoms with van der Waals surface area (Å²) in [6, 6.07) is 15.6. The molecule has 0 bridgehead atoms. The van der Waals surface area contributed by atoms with Crippen molar-refractivity contribution in [2.24, 2.45) is 0 Å². The van der Waals surface area contributed by atoms with Crippen LogP contribution >= 0.6 is 0 Å². The molecule has 2 heterocycles. The van der Waals surface area contributed by atoms with Gasteiger partial charge >= 0.3 is 0 Å². The van der Waals surface area contributed by atoms with Gasteiger partial charge < -0.3 is 14.3 Å². The highest BCUT2D eigenvalue weighted by Crippen LogP contribution is 2.10. The van der Waals surface area contributed by atoms with Crippen LogP contribution in [0.5, 0.6) is 0 Å². The zero-order valence-electron chi connectivity index (χ0n) is 11.5. The zero-order valence-corrected chi connectivity index (χ0v) is 11.5. The smallest absolute Gasteiger partial charge is 0.224 e. The van der Waals surface area contributed by atoms with Crippen molar-refractivity contribution in [3.8, 4) is 5.69 Å². The van der Waals surface area contributed by atoms with E-state index in [1.54, 1.807) is 6.26 Å². The van der Waals surface area contributed by atoms with Crippen LogP contribution in [0.25, 0.3) is 5.69 Å². The van der Waals surface area contributed by atoms with Crippen molar-refractivity contribution in [3.63, 3.8) is 0 Å². The number of rotatable bonds is 5. The first-order valence-corrected chi connectivity index (χ1v) is 6.82. The van der Waals surface area contributed by atoms with Gasteiger partial charge in [-0.25, -0.2) is 0 Å². The average molecular weight is 280 g/mol. The molecule has 0 unspecified atom stereocenters. The molecule has 0 spiro atoms. The Hall–Kier alpha value is -2.75. The second-order valence-corrected chi connectivity index (χ2v) is 4.79. The van der Waals surface area contributed by atoms with E-state index in [1.807, 2.05) is 65.5 Å². The van der Waals surface area contributed by atoms with Gasteiger partial charge in [-0.15, -0.1) is 0 Å². The van der Waals surface area contributed by atoms with E-state index in [4.69, 9.17) is 4.42 Å². The van der Waals surface area contributed by atoms with Gasteiger partial charge in [-0.05, 0) is 42.0 Å². The maximum atomic E-state index is 11.9. The van der Waals surface area contributed by atoms with Crippen LogP contribution < -0.4 is 5.32 Å². The van der Waals surface area contributed by atoms with E-state index in [0.29, 0.717) is 13.0 Å². The van der Waals surface area contributed by atoms with Gasteiger partial charge in [-0.1, -0.05) is 12.1 Å². The molecule has 3 rings (SSSR count). The Balaban J connectivity index is 1.56. The standard InChI is InChI=1S/C17H16N2O2/c20-17(18-13-16-4-3-11-21-16)12-14-5-7-15(8-6-14)19-9-1-2-10-19/h1-11H,12-13H2,(H,18,20). The lowest BCUT2D eigenvalue weighted by Crippen LogP contribution is -2.24. The first-order chi connectivity index (χ1) is 10.3. The highest BCUT2D eigenvalue weighted by molar-refractivity contribution is 5.78. The summed E-state index contributed by atoms with van der Waals surface area (Å²) >= 11 is 0. The minimum atomic E-state index is -0.0138. The molecule has 0 fully saturated rings. The van der Waals surface area contributed by atoms with E-state index in [1.165, 1.54) is 0 Å². The lowest BCUT2D eigenvalue weighted by molar-refractivity contribution is -0.120. The number of benzene rings is 1. The average Bonchev–Trinajstić information content (AvgIpc) is 3.19. The van der Waals surface area contributed by atoms with Crippen molar-refractivity contribution in [2.45, 2.75) is 13.0 Å². The summed E-state index contributed by atoms with van der Waals surface area (Å²) in [7, 11) is 0. The largest absolute Gasteiger partial charge is 0.467 e.